The molecule has 0 unspecified atom stereocenters. The first-order valence-corrected chi connectivity index (χ1v) is 10.2. The van der Waals surface area contributed by atoms with Gasteiger partial charge in [-0.1, -0.05) is 48.5 Å². The molecule has 2 aromatic carbocycles. The van der Waals surface area contributed by atoms with Gasteiger partial charge in [-0.05, 0) is 31.4 Å². The molecular weight excluding hydrogens is 394 g/mol. The number of amides is 4. The Kier molecular flexibility index (Phi) is 4.54. The number of imide groups is 1. The lowest BCUT2D eigenvalue weighted by Gasteiger charge is -2.34. The van der Waals surface area contributed by atoms with E-state index in [9.17, 15) is 14.4 Å². The molecule has 1 aromatic heterocycles. The van der Waals surface area contributed by atoms with Crippen LogP contribution in [-0.4, -0.2) is 44.6 Å². The van der Waals surface area contributed by atoms with E-state index in [-0.39, 0.29) is 12.5 Å². The molecule has 31 heavy (non-hydrogen) atoms. The zero-order valence-corrected chi connectivity index (χ0v) is 16.7. The highest BCUT2D eigenvalue weighted by Crippen LogP contribution is 2.37. The van der Waals surface area contributed by atoms with E-state index in [0.717, 1.165) is 22.6 Å². The summed E-state index contributed by atoms with van der Waals surface area (Å²) in [6.07, 6.45) is 2.14. The summed E-state index contributed by atoms with van der Waals surface area (Å²) in [7, 11) is 0. The minimum Gasteiger partial charge on any atom is -0.323 e. The van der Waals surface area contributed by atoms with Gasteiger partial charge in [0.25, 0.3) is 5.91 Å². The first-order chi connectivity index (χ1) is 15.1. The number of para-hydroxylation sites is 1. The molecule has 2 N–H and O–H groups in total. The second-order valence-electron chi connectivity index (χ2n) is 7.83. The second-order valence-corrected chi connectivity index (χ2v) is 7.83. The van der Waals surface area contributed by atoms with Crippen LogP contribution in [0.3, 0.4) is 0 Å². The van der Waals surface area contributed by atoms with Crippen LogP contribution >= 0.6 is 0 Å². The Labute approximate surface area is 178 Å². The lowest BCUT2D eigenvalue weighted by atomic mass is 9.77. The third kappa shape index (κ3) is 3.35. The summed E-state index contributed by atoms with van der Waals surface area (Å²) in [5.41, 5.74) is 1.59. The number of nitrogens with zero attached hydrogens (tertiary/aromatic N) is 3. The molecular formula is C23H21N5O3. The number of hydrogen-bond donors (Lipinski definition) is 2. The fourth-order valence-electron chi connectivity index (χ4n) is 4.00. The predicted octanol–water partition coefficient (Wildman–Crippen LogP) is 2.95. The van der Waals surface area contributed by atoms with Gasteiger partial charge in [0, 0.05) is 11.6 Å². The fourth-order valence-corrected chi connectivity index (χ4v) is 4.00. The largest absolute Gasteiger partial charge is 0.325 e. The molecule has 1 aliphatic heterocycles. The monoisotopic (exact) mass is 415 g/mol. The van der Waals surface area contributed by atoms with E-state index in [4.69, 9.17) is 0 Å². The van der Waals surface area contributed by atoms with Gasteiger partial charge in [0.05, 0.1) is 11.4 Å². The lowest BCUT2D eigenvalue weighted by molar-refractivity contribution is -0.136. The average Bonchev–Trinajstić information content (AvgIpc) is 3.29. The third-order valence-corrected chi connectivity index (χ3v) is 5.80. The van der Waals surface area contributed by atoms with Crippen molar-refractivity contribution in [2.45, 2.75) is 24.8 Å². The first kappa shape index (κ1) is 19.0. The molecule has 0 bridgehead atoms. The summed E-state index contributed by atoms with van der Waals surface area (Å²) >= 11 is 0. The van der Waals surface area contributed by atoms with Crippen molar-refractivity contribution in [3.05, 3.63) is 66.7 Å². The third-order valence-electron chi connectivity index (χ3n) is 5.80. The number of nitrogens with one attached hydrogen (secondary N) is 2. The molecule has 2 aliphatic rings. The summed E-state index contributed by atoms with van der Waals surface area (Å²) in [6.45, 7) is -0.340. The Morgan fingerprint density at radius 3 is 2.32 bits per heavy atom. The Morgan fingerprint density at radius 2 is 1.71 bits per heavy atom. The van der Waals surface area contributed by atoms with Crippen LogP contribution in [0.25, 0.3) is 16.9 Å². The Hall–Kier alpha value is -3.94. The highest BCUT2D eigenvalue weighted by molar-refractivity contribution is 6.10. The Bertz CT molecular complexity index is 1150. The quantitative estimate of drug-likeness (QED) is 0.626. The molecule has 1 aliphatic carbocycles. The second kappa shape index (κ2) is 7.39. The van der Waals surface area contributed by atoms with E-state index in [2.05, 4.69) is 15.7 Å². The van der Waals surface area contributed by atoms with E-state index in [0.29, 0.717) is 24.4 Å². The van der Waals surface area contributed by atoms with Gasteiger partial charge < -0.3 is 10.6 Å². The van der Waals surface area contributed by atoms with Crippen molar-refractivity contribution in [1.82, 2.24) is 20.0 Å². The molecule has 1 spiro atoms. The van der Waals surface area contributed by atoms with Crippen LogP contribution in [0.1, 0.15) is 19.3 Å². The van der Waals surface area contributed by atoms with Crippen LogP contribution in [0.5, 0.6) is 0 Å². The average molecular weight is 415 g/mol. The van der Waals surface area contributed by atoms with Gasteiger partial charge in [-0.25, -0.2) is 9.48 Å². The molecule has 8 nitrogen and oxygen atoms in total. The zero-order valence-electron chi connectivity index (χ0n) is 16.7. The molecule has 1 saturated heterocycles. The summed E-state index contributed by atoms with van der Waals surface area (Å²) in [6, 6.07) is 20.3. The molecule has 4 amide bonds. The van der Waals surface area contributed by atoms with Gasteiger partial charge in [-0.15, -0.1) is 0 Å². The van der Waals surface area contributed by atoms with E-state index < -0.39 is 17.5 Å². The standard InChI is InChI=1S/C23H21N5O3/c29-20(15-27-21(30)23(12-7-13-23)25-22(27)31)24-19-14-18(16-8-3-1-4-9-16)26-28(19)17-10-5-2-6-11-17/h1-6,8-11,14H,7,12-13,15H2,(H,24,29)(H,25,31). The number of hydrogen-bond acceptors (Lipinski definition) is 4. The number of urea groups is 1. The summed E-state index contributed by atoms with van der Waals surface area (Å²) in [5.74, 6) is -0.322. The van der Waals surface area contributed by atoms with Crippen molar-refractivity contribution in [2.24, 2.45) is 0 Å². The maximum absolute atomic E-state index is 12.8. The SMILES string of the molecule is O=C(CN1C(=O)NC2(CCC2)C1=O)Nc1cc(-c2ccccc2)nn1-c1ccccc1. The van der Waals surface area contributed by atoms with Gasteiger partial charge in [0.2, 0.25) is 5.91 Å². The van der Waals surface area contributed by atoms with Gasteiger partial charge in [-0.2, -0.15) is 5.10 Å². The molecule has 8 heteroatoms. The molecule has 2 fully saturated rings. The Morgan fingerprint density at radius 1 is 1.03 bits per heavy atom. The summed E-state index contributed by atoms with van der Waals surface area (Å²) < 4.78 is 1.64. The van der Waals surface area contributed by atoms with Gasteiger partial charge >= 0.3 is 6.03 Å². The summed E-state index contributed by atoms with van der Waals surface area (Å²) in [5, 5.41) is 10.2. The molecule has 0 atom stereocenters. The number of carbonyl (C=O) groups excluding carboxylic acids is 3. The number of anilines is 1. The van der Waals surface area contributed by atoms with Gasteiger partial charge in [-0.3, -0.25) is 14.5 Å². The van der Waals surface area contributed by atoms with Crippen molar-refractivity contribution in [3.8, 4) is 16.9 Å². The topological polar surface area (TPSA) is 96.3 Å². The molecule has 156 valence electrons. The van der Waals surface area contributed by atoms with Crippen molar-refractivity contribution < 1.29 is 14.4 Å². The Balaban J connectivity index is 1.40. The normalized spacial score (nSPS) is 16.8. The van der Waals surface area contributed by atoms with Gasteiger partial charge in [0.1, 0.15) is 17.9 Å². The van der Waals surface area contributed by atoms with Crippen LogP contribution in [-0.2, 0) is 9.59 Å². The molecule has 5 rings (SSSR count). The van der Waals surface area contributed by atoms with Crippen LogP contribution in [0.2, 0.25) is 0 Å². The van der Waals surface area contributed by atoms with Crippen LogP contribution in [0.15, 0.2) is 66.7 Å². The highest BCUT2D eigenvalue weighted by atomic mass is 16.2. The molecule has 3 aromatic rings. The van der Waals surface area contributed by atoms with E-state index >= 15 is 0 Å². The maximum Gasteiger partial charge on any atom is 0.325 e. The minimum absolute atomic E-state index is 0.319. The minimum atomic E-state index is -0.802. The van der Waals surface area contributed by atoms with Crippen molar-refractivity contribution >= 4 is 23.7 Å². The van der Waals surface area contributed by atoms with Crippen LogP contribution < -0.4 is 10.6 Å². The fraction of sp³-hybridized carbons (Fsp3) is 0.217. The maximum atomic E-state index is 12.8. The smallest absolute Gasteiger partial charge is 0.323 e. The number of carbonyl (C=O) groups is 3. The zero-order chi connectivity index (χ0) is 21.4. The predicted molar refractivity (Wildman–Crippen MR) is 114 cm³/mol. The summed E-state index contributed by atoms with van der Waals surface area (Å²) in [4.78, 5) is 38.7. The number of rotatable bonds is 5. The first-order valence-electron chi connectivity index (χ1n) is 10.2. The van der Waals surface area contributed by atoms with Gasteiger partial charge in [0.15, 0.2) is 0 Å². The molecule has 1 saturated carbocycles. The van der Waals surface area contributed by atoms with E-state index in [1.165, 1.54) is 0 Å². The molecule has 0 radical (unpaired) electrons. The molecule has 2 heterocycles. The van der Waals surface area contributed by atoms with Crippen molar-refractivity contribution in [1.29, 1.82) is 0 Å². The van der Waals surface area contributed by atoms with Crippen molar-refractivity contribution in [2.75, 3.05) is 11.9 Å². The van der Waals surface area contributed by atoms with E-state index in [1.54, 1.807) is 10.7 Å². The number of aromatic nitrogens is 2. The van der Waals surface area contributed by atoms with Crippen LogP contribution in [0.4, 0.5) is 10.6 Å². The van der Waals surface area contributed by atoms with E-state index in [1.807, 2.05) is 60.7 Å². The number of benzene rings is 2. The lowest BCUT2D eigenvalue weighted by Crippen LogP contribution is -2.52. The van der Waals surface area contributed by atoms with Crippen molar-refractivity contribution in [3.63, 3.8) is 0 Å². The van der Waals surface area contributed by atoms with Crippen LogP contribution in [0, 0.1) is 0 Å². The highest BCUT2D eigenvalue weighted by Gasteiger charge is 2.54.